The second-order valence-electron chi connectivity index (χ2n) is 4.58. The number of carbonyl (C=O) groups is 1. The Kier molecular flexibility index (Phi) is 4.73. The van der Waals surface area contributed by atoms with Crippen molar-refractivity contribution in [2.24, 2.45) is 5.73 Å². The molecule has 0 atom stereocenters. The first-order valence-corrected chi connectivity index (χ1v) is 6.49. The lowest BCUT2D eigenvalue weighted by Crippen LogP contribution is -2.24. The van der Waals surface area contributed by atoms with Gasteiger partial charge in [-0.1, -0.05) is 12.5 Å². The van der Waals surface area contributed by atoms with Crippen LogP contribution < -0.4 is 11.1 Å². The van der Waals surface area contributed by atoms with Crippen LogP contribution in [0.25, 0.3) is 0 Å². The zero-order valence-corrected chi connectivity index (χ0v) is 10.6. The van der Waals surface area contributed by atoms with Crippen LogP contribution >= 0.6 is 0 Å². The zero-order valence-electron chi connectivity index (χ0n) is 10.6. The minimum Gasteiger partial charge on any atom is -0.372 e. The van der Waals surface area contributed by atoms with Crippen LogP contribution in [-0.2, 0) is 18.0 Å². The van der Waals surface area contributed by atoms with Crippen LogP contribution in [0, 0.1) is 0 Å². The van der Waals surface area contributed by atoms with Crippen molar-refractivity contribution in [2.75, 3.05) is 13.1 Å². The van der Waals surface area contributed by atoms with Gasteiger partial charge in [-0.05, 0) is 42.6 Å². The summed E-state index contributed by atoms with van der Waals surface area (Å²) in [5.41, 5.74) is 8.45. The average Bonchev–Trinajstić information content (AvgIpc) is 2.85. The Morgan fingerprint density at radius 1 is 1.22 bits per heavy atom. The van der Waals surface area contributed by atoms with Gasteiger partial charge in [-0.15, -0.1) is 0 Å². The summed E-state index contributed by atoms with van der Waals surface area (Å²) in [4.78, 5) is 11.9. The SMILES string of the molecule is NCCCCCNC(=O)c1ccc2c(c1)COC2. The van der Waals surface area contributed by atoms with Gasteiger partial charge in [0, 0.05) is 12.1 Å². The predicted molar refractivity (Wildman–Crippen MR) is 70.2 cm³/mol. The molecule has 0 fully saturated rings. The summed E-state index contributed by atoms with van der Waals surface area (Å²) >= 11 is 0. The number of hydrogen-bond acceptors (Lipinski definition) is 3. The Balaban J connectivity index is 1.82. The maximum atomic E-state index is 11.9. The van der Waals surface area contributed by atoms with Gasteiger partial charge >= 0.3 is 0 Å². The number of amides is 1. The topological polar surface area (TPSA) is 64.3 Å². The number of fused-ring (bicyclic) bond motifs is 1. The van der Waals surface area contributed by atoms with Gasteiger partial charge in [-0.2, -0.15) is 0 Å². The number of rotatable bonds is 6. The average molecular weight is 248 g/mol. The van der Waals surface area contributed by atoms with Gasteiger partial charge in [0.25, 0.3) is 5.91 Å². The third-order valence-corrected chi connectivity index (χ3v) is 3.15. The number of carbonyl (C=O) groups excluding carboxylic acids is 1. The van der Waals surface area contributed by atoms with Crippen LogP contribution in [0.1, 0.15) is 40.7 Å². The molecule has 0 saturated heterocycles. The van der Waals surface area contributed by atoms with Gasteiger partial charge in [0.15, 0.2) is 0 Å². The van der Waals surface area contributed by atoms with Gasteiger partial charge in [-0.25, -0.2) is 0 Å². The third-order valence-electron chi connectivity index (χ3n) is 3.15. The first-order chi connectivity index (χ1) is 8.81. The molecule has 1 aromatic carbocycles. The highest BCUT2D eigenvalue weighted by atomic mass is 16.5. The molecule has 0 bridgehead atoms. The largest absolute Gasteiger partial charge is 0.372 e. The number of benzene rings is 1. The molecule has 1 aliphatic heterocycles. The Hall–Kier alpha value is -1.39. The van der Waals surface area contributed by atoms with E-state index in [2.05, 4.69) is 5.32 Å². The summed E-state index contributed by atoms with van der Waals surface area (Å²) in [7, 11) is 0. The molecule has 0 aliphatic carbocycles. The summed E-state index contributed by atoms with van der Waals surface area (Å²) < 4.78 is 5.33. The molecule has 1 aromatic rings. The van der Waals surface area contributed by atoms with Crippen LogP contribution in [-0.4, -0.2) is 19.0 Å². The van der Waals surface area contributed by atoms with Crippen molar-refractivity contribution < 1.29 is 9.53 Å². The van der Waals surface area contributed by atoms with Crippen molar-refractivity contribution in [3.63, 3.8) is 0 Å². The van der Waals surface area contributed by atoms with Gasteiger partial charge in [-0.3, -0.25) is 4.79 Å². The van der Waals surface area contributed by atoms with Crippen LogP contribution in [0.5, 0.6) is 0 Å². The highest BCUT2D eigenvalue weighted by Crippen LogP contribution is 2.20. The molecular weight excluding hydrogens is 228 g/mol. The first-order valence-electron chi connectivity index (χ1n) is 6.49. The smallest absolute Gasteiger partial charge is 0.251 e. The molecule has 0 unspecified atom stereocenters. The monoisotopic (exact) mass is 248 g/mol. The lowest BCUT2D eigenvalue weighted by atomic mass is 10.1. The molecule has 0 spiro atoms. The lowest BCUT2D eigenvalue weighted by Gasteiger charge is -2.06. The van der Waals surface area contributed by atoms with E-state index in [-0.39, 0.29) is 5.91 Å². The minimum absolute atomic E-state index is 0.00236. The van der Waals surface area contributed by atoms with E-state index in [9.17, 15) is 4.79 Å². The normalized spacial score (nSPS) is 13.4. The molecule has 18 heavy (non-hydrogen) atoms. The van der Waals surface area contributed by atoms with Crippen LogP contribution in [0.15, 0.2) is 18.2 Å². The van der Waals surface area contributed by atoms with E-state index in [0.29, 0.717) is 19.8 Å². The predicted octanol–water partition coefficient (Wildman–Crippen LogP) is 1.58. The summed E-state index contributed by atoms with van der Waals surface area (Å²) in [6.45, 7) is 2.72. The molecule has 0 aromatic heterocycles. The second kappa shape index (κ2) is 6.52. The molecule has 4 heteroatoms. The van der Waals surface area contributed by atoms with Crippen LogP contribution in [0.3, 0.4) is 0 Å². The summed E-state index contributed by atoms with van der Waals surface area (Å²) in [6, 6.07) is 5.77. The number of ether oxygens (including phenoxy) is 1. The maximum absolute atomic E-state index is 11.9. The summed E-state index contributed by atoms with van der Waals surface area (Å²) in [5, 5.41) is 2.93. The number of unbranched alkanes of at least 4 members (excludes halogenated alkanes) is 2. The number of hydrogen-bond donors (Lipinski definition) is 2. The van der Waals surface area contributed by atoms with E-state index in [1.165, 1.54) is 5.56 Å². The summed E-state index contributed by atoms with van der Waals surface area (Å²) in [5.74, 6) is -0.00236. The van der Waals surface area contributed by atoms with Crippen molar-refractivity contribution in [1.29, 1.82) is 0 Å². The third kappa shape index (κ3) is 3.31. The number of nitrogens with one attached hydrogen (secondary N) is 1. The van der Waals surface area contributed by atoms with Gasteiger partial charge in [0.05, 0.1) is 13.2 Å². The van der Waals surface area contributed by atoms with E-state index < -0.39 is 0 Å². The Morgan fingerprint density at radius 3 is 2.89 bits per heavy atom. The molecule has 4 nitrogen and oxygen atoms in total. The minimum atomic E-state index is -0.00236. The fraction of sp³-hybridized carbons (Fsp3) is 0.500. The number of nitrogens with two attached hydrogens (primary N) is 1. The lowest BCUT2D eigenvalue weighted by molar-refractivity contribution is 0.0953. The van der Waals surface area contributed by atoms with E-state index in [1.807, 2.05) is 18.2 Å². The van der Waals surface area contributed by atoms with E-state index in [1.54, 1.807) is 0 Å². The van der Waals surface area contributed by atoms with Crippen molar-refractivity contribution in [1.82, 2.24) is 5.32 Å². The van der Waals surface area contributed by atoms with Crippen molar-refractivity contribution in [2.45, 2.75) is 32.5 Å². The van der Waals surface area contributed by atoms with E-state index in [4.69, 9.17) is 10.5 Å². The molecule has 3 N–H and O–H groups in total. The van der Waals surface area contributed by atoms with Gasteiger partial charge in [0.2, 0.25) is 0 Å². The Bertz CT molecular complexity index is 418. The molecule has 1 aliphatic rings. The molecule has 98 valence electrons. The van der Waals surface area contributed by atoms with Crippen molar-refractivity contribution in [3.05, 3.63) is 34.9 Å². The van der Waals surface area contributed by atoms with E-state index >= 15 is 0 Å². The summed E-state index contributed by atoms with van der Waals surface area (Å²) in [6.07, 6.45) is 3.07. The molecular formula is C14H20N2O2. The Labute approximate surface area is 108 Å². The quantitative estimate of drug-likeness (QED) is 0.751. The van der Waals surface area contributed by atoms with E-state index in [0.717, 1.165) is 36.9 Å². The fourth-order valence-corrected chi connectivity index (χ4v) is 2.06. The maximum Gasteiger partial charge on any atom is 0.251 e. The Morgan fingerprint density at radius 2 is 2.06 bits per heavy atom. The van der Waals surface area contributed by atoms with Gasteiger partial charge in [0.1, 0.15) is 0 Å². The highest BCUT2D eigenvalue weighted by Gasteiger charge is 2.13. The standard InChI is InChI=1S/C14H20N2O2/c15-6-2-1-3-7-16-14(17)11-4-5-12-9-18-10-13(12)8-11/h4-5,8H,1-3,6-7,9-10,15H2,(H,16,17). The van der Waals surface area contributed by atoms with Crippen molar-refractivity contribution >= 4 is 5.91 Å². The molecule has 0 saturated carbocycles. The van der Waals surface area contributed by atoms with Crippen LogP contribution in [0.2, 0.25) is 0 Å². The first kappa shape index (κ1) is 13.1. The van der Waals surface area contributed by atoms with Gasteiger partial charge < -0.3 is 15.8 Å². The van der Waals surface area contributed by atoms with Crippen molar-refractivity contribution in [3.8, 4) is 0 Å². The fourth-order valence-electron chi connectivity index (χ4n) is 2.06. The highest BCUT2D eigenvalue weighted by molar-refractivity contribution is 5.94. The second-order valence-corrected chi connectivity index (χ2v) is 4.58. The molecule has 1 amide bonds. The molecule has 1 heterocycles. The zero-order chi connectivity index (χ0) is 12.8. The molecule has 0 radical (unpaired) electrons. The van der Waals surface area contributed by atoms with Crippen LogP contribution in [0.4, 0.5) is 0 Å². The molecule has 2 rings (SSSR count).